The highest BCUT2D eigenvalue weighted by molar-refractivity contribution is 5.72. The number of anilines is 1. The first-order valence-electron chi connectivity index (χ1n) is 13.5. The quantitative estimate of drug-likeness (QED) is 0.286. The Labute approximate surface area is 227 Å². The summed E-state index contributed by atoms with van der Waals surface area (Å²) in [6, 6.07) is 15.5. The molecule has 1 amide bonds. The van der Waals surface area contributed by atoms with Crippen LogP contribution in [0.4, 0.5) is 14.9 Å². The SMILES string of the molecule is CC(C)(C)OC(=O)N1CC2(CCN(c3ccc4c(c3)Cn3cc(-c5ccc(F)cc5)cc3-c3nccn3-4)C2)C1. The van der Waals surface area contributed by atoms with Gasteiger partial charge in [0.15, 0.2) is 5.82 Å². The third-order valence-electron chi connectivity index (χ3n) is 8.11. The number of imidazole rings is 1. The number of ether oxygens (including phenoxy) is 1. The Balaban J connectivity index is 1.14. The summed E-state index contributed by atoms with van der Waals surface area (Å²) >= 11 is 0. The highest BCUT2D eigenvalue weighted by atomic mass is 19.1. The molecule has 1 spiro atoms. The minimum atomic E-state index is -0.474. The molecule has 0 unspecified atom stereocenters. The number of carbonyl (C=O) groups is 1. The van der Waals surface area contributed by atoms with Gasteiger partial charge in [-0.25, -0.2) is 14.2 Å². The molecule has 2 aromatic carbocycles. The van der Waals surface area contributed by atoms with Gasteiger partial charge in [0.25, 0.3) is 0 Å². The zero-order valence-electron chi connectivity index (χ0n) is 22.5. The highest BCUT2D eigenvalue weighted by Gasteiger charge is 2.50. The largest absolute Gasteiger partial charge is 0.444 e. The highest BCUT2D eigenvalue weighted by Crippen LogP contribution is 2.43. The molecule has 0 saturated carbocycles. The van der Waals surface area contributed by atoms with Crippen LogP contribution in [-0.4, -0.2) is 56.9 Å². The third kappa shape index (κ3) is 4.18. The van der Waals surface area contributed by atoms with Crippen LogP contribution in [0.2, 0.25) is 0 Å². The summed E-state index contributed by atoms with van der Waals surface area (Å²) in [4.78, 5) is 21.4. The fourth-order valence-electron chi connectivity index (χ4n) is 6.26. The summed E-state index contributed by atoms with van der Waals surface area (Å²) in [5.74, 6) is 0.659. The lowest BCUT2D eigenvalue weighted by Crippen LogP contribution is -2.60. The second-order valence-electron chi connectivity index (χ2n) is 12.2. The van der Waals surface area contributed by atoms with Crippen LogP contribution < -0.4 is 4.90 Å². The normalized spacial score (nSPS) is 17.3. The number of likely N-dealkylation sites (tertiary alicyclic amines) is 1. The maximum absolute atomic E-state index is 13.5. The number of nitrogens with zero attached hydrogens (tertiary/aromatic N) is 5. The number of amides is 1. The summed E-state index contributed by atoms with van der Waals surface area (Å²) in [5, 5.41) is 0. The zero-order valence-corrected chi connectivity index (χ0v) is 22.5. The lowest BCUT2D eigenvalue weighted by molar-refractivity contribution is -0.0266. The number of rotatable bonds is 2. The molecule has 3 aliphatic rings. The van der Waals surface area contributed by atoms with Crippen molar-refractivity contribution in [2.75, 3.05) is 31.1 Å². The van der Waals surface area contributed by atoms with Gasteiger partial charge in [0.1, 0.15) is 11.4 Å². The molecule has 3 aliphatic heterocycles. The van der Waals surface area contributed by atoms with Gasteiger partial charge in [0.2, 0.25) is 0 Å². The lowest BCUT2D eigenvalue weighted by atomic mass is 9.79. The maximum Gasteiger partial charge on any atom is 0.410 e. The number of hydrogen-bond acceptors (Lipinski definition) is 4. The number of halogens is 1. The van der Waals surface area contributed by atoms with E-state index in [0.717, 1.165) is 60.9 Å². The minimum Gasteiger partial charge on any atom is -0.444 e. The van der Waals surface area contributed by atoms with Crippen molar-refractivity contribution in [2.24, 2.45) is 5.41 Å². The Morgan fingerprint density at radius 3 is 2.59 bits per heavy atom. The van der Waals surface area contributed by atoms with Gasteiger partial charge < -0.3 is 19.1 Å². The predicted molar refractivity (Wildman–Crippen MR) is 149 cm³/mol. The first-order chi connectivity index (χ1) is 18.7. The fraction of sp³-hybridized carbons (Fsp3) is 0.355. The van der Waals surface area contributed by atoms with Crippen molar-refractivity contribution in [1.82, 2.24) is 19.0 Å². The molecule has 39 heavy (non-hydrogen) atoms. The predicted octanol–water partition coefficient (Wildman–Crippen LogP) is 5.96. The summed E-state index contributed by atoms with van der Waals surface area (Å²) in [7, 11) is 0. The standard InChI is InChI=1S/C31H32FN5O2/c1-30(2,3)39-29(38)36-19-31(20-36)10-12-34(18-31)25-8-9-26-23(14-25)17-35-16-22(21-4-6-24(32)7-5-21)15-27(35)28-33-11-13-37(26)28/h4-9,11,13-16H,10,12,17-20H2,1-3H3. The molecule has 2 aromatic heterocycles. The Kier molecular flexibility index (Phi) is 5.21. The van der Waals surface area contributed by atoms with E-state index in [1.54, 1.807) is 0 Å². The van der Waals surface area contributed by atoms with Gasteiger partial charge in [-0.15, -0.1) is 0 Å². The Morgan fingerprint density at radius 1 is 1.03 bits per heavy atom. The summed E-state index contributed by atoms with van der Waals surface area (Å²) in [5.41, 5.74) is 6.28. The van der Waals surface area contributed by atoms with Crippen molar-refractivity contribution in [3.8, 4) is 28.3 Å². The smallest absolute Gasteiger partial charge is 0.410 e. The molecule has 7 nitrogen and oxygen atoms in total. The van der Waals surface area contributed by atoms with Crippen LogP contribution in [0, 0.1) is 11.2 Å². The molecule has 7 rings (SSSR count). The molecular formula is C31H32FN5O2. The molecule has 0 atom stereocenters. The van der Waals surface area contributed by atoms with E-state index in [9.17, 15) is 9.18 Å². The van der Waals surface area contributed by atoms with Gasteiger partial charge in [-0.3, -0.25) is 4.57 Å². The van der Waals surface area contributed by atoms with Crippen LogP contribution in [0.15, 0.2) is 67.1 Å². The van der Waals surface area contributed by atoms with Gasteiger partial charge in [-0.1, -0.05) is 12.1 Å². The van der Waals surface area contributed by atoms with Gasteiger partial charge in [0, 0.05) is 68.0 Å². The molecular weight excluding hydrogens is 493 g/mol. The topological polar surface area (TPSA) is 55.5 Å². The van der Waals surface area contributed by atoms with Crippen LogP contribution in [0.1, 0.15) is 32.8 Å². The molecule has 0 bridgehead atoms. The van der Waals surface area contributed by atoms with Crippen LogP contribution in [0.25, 0.3) is 28.3 Å². The van der Waals surface area contributed by atoms with Crippen molar-refractivity contribution < 1.29 is 13.9 Å². The van der Waals surface area contributed by atoms with Gasteiger partial charge in [-0.2, -0.15) is 0 Å². The van der Waals surface area contributed by atoms with Crippen LogP contribution in [-0.2, 0) is 11.3 Å². The van der Waals surface area contributed by atoms with Crippen LogP contribution >= 0.6 is 0 Å². The minimum absolute atomic E-state index is 0.138. The summed E-state index contributed by atoms with van der Waals surface area (Å²) in [6.07, 6.45) is 6.84. The van der Waals surface area contributed by atoms with E-state index in [-0.39, 0.29) is 17.3 Å². The summed E-state index contributed by atoms with van der Waals surface area (Å²) < 4.78 is 23.5. The average molecular weight is 526 g/mol. The Hall–Kier alpha value is -4.07. The average Bonchev–Trinajstić information content (AvgIpc) is 3.60. The van der Waals surface area contributed by atoms with Gasteiger partial charge >= 0.3 is 6.09 Å². The molecule has 2 fully saturated rings. The van der Waals surface area contributed by atoms with Gasteiger partial charge in [-0.05, 0) is 74.7 Å². The van der Waals surface area contributed by atoms with Crippen molar-refractivity contribution >= 4 is 11.8 Å². The number of benzene rings is 2. The maximum atomic E-state index is 13.5. The monoisotopic (exact) mass is 525 g/mol. The number of hydrogen-bond donors (Lipinski definition) is 0. The van der Waals surface area contributed by atoms with Gasteiger partial charge in [0.05, 0.1) is 11.4 Å². The molecule has 0 radical (unpaired) electrons. The Morgan fingerprint density at radius 2 is 1.82 bits per heavy atom. The lowest BCUT2D eigenvalue weighted by Gasteiger charge is -2.47. The van der Waals surface area contributed by atoms with E-state index < -0.39 is 5.60 Å². The van der Waals surface area contributed by atoms with E-state index in [1.807, 2.05) is 50.2 Å². The first-order valence-corrected chi connectivity index (χ1v) is 13.5. The number of carbonyl (C=O) groups excluding carboxylic acids is 1. The second-order valence-corrected chi connectivity index (χ2v) is 12.2. The third-order valence-corrected chi connectivity index (χ3v) is 8.11. The molecule has 2 saturated heterocycles. The molecule has 200 valence electrons. The molecule has 0 N–H and O–H groups in total. The zero-order chi connectivity index (χ0) is 26.9. The van der Waals surface area contributed by atoms with Crippen molar-refractivity contribution in [3.05, 3.63) is 78.5 Å². The summed E-state index contributed by atoms with van der Waals surface area (Å²) in [6.45, 7) is 9.84. The van der Waals surface area contributed by atoms with E-state index >= 15 is 0 Å². The van der Waals surface area contributed by atoms with E-state index in [4.69, 9.17) is 4.74 Å². The van der Waals surface area contributed by atoms with Crippen molar-refractivity contribution in [1.29, 1.82) is 0 Å². The number of aromatic nitrogens is 3. The van der Waals surface area contributed by atoms with Crippen molar-refractivity contribution in [3.63, 3.8) is 0 Å². The van der Waals surface area contributed by atoms with E-state index in [0.29, 0.717) is 6.54 Å². The molecule has 5 heterocycles. The first kappa shape index (κ1) is 24.0. The molecule has 4 aromatic rings. The van der Waals surface area contributed by atoms with Crippen LogP contribution in [0.3, 0.4) is 0 Å². The second kappa shape index (κ2) is 8.46. The van der Waals surface area contributed by atoms with Crippen LogP contribution in [0.5, 0.6) is 0 Å². The Bertz CT molecular complexity index is 1570. The van der Waals surface area contributed by atoms with E-state index in [2.05, 4.69) is 49.5 Å². The van der Waals surface area contributed by atoms with Crippen molar-refractivity contribution in [2.45, 2.75) is 39.3 Å². The number of fused-ring (bicyclic) bond motifs is 5. The molecule has 0 aliphatic carbocycles. The fourth-order valence-corrected chi connectivity index (χ4v) is 6.26. The van der Waals surface area contributed by atoms with E-state index in [1.165, 1.54) is 23.4 Å². The molecule has 8 heteroatoms.